The maximum atomic E-state index is 2.21. The third-order valence-electron chi connectivity index (χ3n) is 0. The molecule has 6 heavy (non-hydrogen) atoms. The van der Waals surface area contributed by atoms with E-state index >= 15 is 0 Å². The second-order valence-electron chi connectivity index (χ2n) is 1.15. The summed E-state index contributed by atoms with van der Waals surface area (Å²) in [5, 5.41) is 0. The van der Waals surface area contributed by atoms with Crippen LogP contribution in [0.2, 0.25) is 3.63 Å². The van der Waals surface area contributed by atoms with Crippen molar-refractivity contribution in [3.63, 3.8) is 0 Å². The number of hydrogen-bond acceptors (Lipinski definition) is 0. The maximum Gasteiger partial charge on any atom is -1.00 e. The molecule has 0 amide bonds. The molecule has 0 bridgehead atoms. The van der Waals surface area contributed by atoms with Crippen LogP contribution in [0.5, 0.6) is 0 Å². The number of hydrogen-bond donors (Lipinski definition) is 0. The van der Waals surface area contributed by atoms with Gasteiger partial charge in [-0.25, -0.2) is 0 Å². The van der Waals surface area contributed by atoms with Crippen LogP contribution in [-0.4, -0.2) is 0 Å². The van der Waals surface area contributed by atoms with Crippen LogP contribution in [0.3, 0.4) is 0 Å². The molecular weight excluding hydrogens is 198 g/mol. The first-order chi connectivity index (χ1) is 1.73. The standard InChI is InChI=1S/C3H7.2ClH.Zr/c1-3-2;;;/h3H,1-2H3;2*1H;/q;;;+2/p-2. The van der Waals surface area contributed by atoms with Gasteiger partial charge in [-0.05, 0) is 0 Å². The van der Waals surface area contributed by atoms with Crippen LogP contribution in [0.1, 0.15) is 13.8 Å². The van der Waals surface area contributed by atoms with E-state index in [4.69, 9.17) is 0 Å². The first-order valence-electron chi connectivity index (χ1n) is 1.44. The molecule has 0 heterocycles. The summed E-state index contributed by atoms with van der Waals surface area (Å²) in [7, 11) is 0. The molecule has 0 aliphatic heterocycles. The van der Waals surface area contributed by atoms with E-state index in [9.17, 15) is 0 Å². The minimum Gasteiger partial charge on any atom is -1.00 e. The monoisotopic (exact) mass is 203 g/mol. The first kappa shape index (κ1) is 15.7. The summed E-state index contributed by atoms with van der Waals surface area (Å²) in [5.41, 5.74) is 0. The summed E-state index contributed by atoms with van der Waals surface area (Å²) in [5.74, 6) is 0. The zero-order chi connectivity index (χ0) is 3.58. The van der Waals surface area contributed by atoms with Crippen molar-refractivity contribution in [1.82, 2.24) is 0 Å². The molecule has 0 saturated carbocycles. The zero-order valence-electron chi connectivity index (χ0n) is 3.83. The van der Waals surface area contributed by atoms with E-state index in [0.717, 1.165) is 3.63 Å². The van der Waals surface area contributed by atoms with Crippen molar-refractivity contribution < 1.29 is 49.5 Å². The Morgan fingerprint density at radius 3 is 1.17 bits per heavy atom. The van der Waals surface area contributed by atoms with Crippen LogP contribution < -0.4 is 24.8 Å². The Bertz CT molecular complexity index is 13.5. The molecule has 0 rings (SSSR count). The Kier molecular flexibility index (Phi) is 25.3. The average Bonchev–Trinajstić information content (AvgIpc) is 0.811. The smallest absolute Gasteiger partial charge is 1.00 e. The molecule has 0 radical (unpaired) electrons. The van der Waals surface area contributed by atoms with Crippen molar-refractivity contribution in [2.75, 3.05) is 0 Å². The number of rotatable bonds is 0. The van der Waals surface area contributed by atoms with Crippen molar-refractivity contribution in [2.24, 2.45) is 0 Å². The van der Waals surface area contributed by atoms with Gasteiger partial charge in [-0.1, -0.05) is 0 Å². The number of halogens is 2. The van der Waals surface area contributed by atoms with E-state index in [-0.39, 0.29) is 24.8 Å². The topological polar surface area (TPSA) is 0 Å². The molecule has 0 aromatic rings. The molecule has 0 aliphatic rings. The molecular formula is C3H7Cl2Zr. The van der Waals surface area contributed by atoms with Gasteiger partial charge in [0.25, 0.3) is 0 Å². The summed E-state index contributed by atoms with van der Waals surface area (Å²) in [6, 6.07) is 0. The Labute approximate surface area is 66.7 Å². The SMILES string of the molecule is C[CH](C)[Zr+2].[Cl-].[Cl-]. The third-order valence-corrected chi connectivity index (χ3v) is 0. The first-order valence-corrected chi connectivity index (χ1v) is 2.86. The van der Waals surface area contributed by atoms with E-state index in [1.54, 1.807) is 24.7 Å². The Morgan fingerprint density at radius 2 is 1.17 bits per heavy atom. The van der Waals surface area contributed by atoms with E-state index in [1.807, 2.05) is 0 Å². The van der Waals surface area contributed by atoms with E-state index in [1.165, 1.54) is 0 Å². The van der Waals surface area contributed by atoms with Gasteiger partial charge in [0.05, 0.1) is 0 Å². The summed E-state index contributed by atoms with van der Waals surface area (Å²) >= 11 is 1.64. The summed E-state index contributed by atoms with van der Waals surface area (Å²) in [6.45, 7) is 4.41. The van der Waals surface area contributed by atoms with Crippen LogP contribution in [0.15, 0.2) is 0 Å². The van der Waals surface area contributed by atoms with Crippen LogP contribution in [0.4, 0.5) is 0 Å². The predicted molar refractivity (Wildman–Crippen MR) is 15.1 cm³/mol. The quantitative estimate of drug-likeness (QED) is 0.373. The van der Waals surface area contributed by atoms with Gasteiger partial charge in [-0.15, -0.1) is 0 Å². The molecule has 0 N–H and O–H groups in total. The van der Waals surface area contributed by atoms with Crippen molar-refractivity contribution in [3.05, 3.63) is 0 Å². The molecule has 0 spiro atoms. The predicted octanol–water partition coefficient (Wildman–Crippen LogP) is -4.63. The van der Waals surface area contributed by atoms with Crippen molar-refractivity contribution in [3.8, 4) is 0 Å². The summed E-state index contributed by atoms with van der Waals surface area (Å²) in [4.78, 5) is 0. The van der Waals surface area contributed by atoms with Crippen molar-refractivity contribution in [2.45, 2.75) is 17.5 Å². The zero-order valence-corrected chi connectivity index (χ0v) is 7.80. The second kappa shape index (κ2) is 9.68. The minimum absolute atomic E-state index is 0. The normalized spacial score (nSPS) is 6.17. The molecule has 0 saturated heterocycles. The third kappa shape index (κ3) is 50.8. The molecule has 0 aromatic heterocycles. The molecule has 0 atom stereocenters. The van der Waals surface area contributed by atoms with Gasteiger partial charge >= 0.3 is 42.2 Å². The van der Waals surface area contributed by atoms with Gasteiger partial charge in [0, 0.05) is 0 Å². The summed E-state index contributed by atoms with van der Waals surface area (Å²) in [6.07, 6.45) is 0. The van der Waals surface area contributed by atoms with Gasteiger partial charge < -0.3 is 24.8 Å². The molecule has 37 valence electrons. The molecule has 0 aromatic carbocycles. The fourth-order valence-corrected chi connectivity index (χ4v) is 0. The molecule has 0 aliphatic carbocycles. The average molecular weight is 205 g/mol. The van der Waals surface area contributed by atoms with Gasteiger partial charge in [-0.3, -0.25) is 0 Å². The van der Waals surface area contributed by atoms with Gasteiger partial charge in [0.2, 0.25) is 0 Å². The second-order valence-corrected chi connectivity index (χ2v) is 3.99. The Morgan fingerprint density at radius 1 is 1.17 bits per heavy atom. The van der Waals surface area contributed by atoms with Crippen LogP contribution in [0.25, 0.3) is 0 Å². The molecule has 0 unspecified atom stereocenters. The minimum atomic E-state index is 0. The van der Waals surface area contributed by atoms with Gasteiger partial charge in [0.1, 0.15) is 0 Å². The molecule has 0 fully saturated rings. The van der Waals surface area contributed by atoms with Gasteiger partial charge in [0.15, 0.2) is 0 Å². The van der Waals surface area contributed by atoms with Crippen LogP contribution in [0, 0.1) is 0 Å². The fourth-order valence-electron chi connectivity index (χ4n) is 0. The largest absolute Gasteiger partial charge is 1.00 e. The van der Waals surface area contributed by atoms with Crippen LogP contribution in [-0.2, 0) is 24.7 Å². The molecule has 0 nitrogen and oxygen atoms in total. The van der Waals surface area contributed by atoms with Crippen molar-refractivity contribution in [1.29, 1.82) is 0 Å². The molecule has 3 heteroatoms. The Hall–Kier alpha value is 1.46. The van der Waals surface area contributed by atoms with Crippen LogP contribution >= 0.6 is 0 Å². The van der Waals surface area contributed by atoms with E-state index in [0.29, 0.717) is 0 Å². The van der Waals surface area contributed by atoms with Gasteiger partial charge in [-0.2, -0.15) is 0 Å². The fraction of sp³-hybridized carbons (Fsp3) is 1.00. The maximum absolute atomic E-state index is 2.21. The van der Waals surface area contributed by atoms with Crippen molar-refractivity contribution >= 4 is 0 Å². The summed E-state index contributed by atoms with van der Waals surface area (Å²) < 4.78 is 0.923. The Balaban J connectivity index is -0.0000000450. The van der Waals surface area contributed by atoms with E-state index < -0.39 is 0 Å². The van der Waals surface area contributed by atoms with E-state index in [2.05, 4.69) is 13.8 Å².